The molecule has 0 aliphatic rings. The number of unbranched alkanes of at least 4 members (excludes halogenated alkanes) is 7. The predicted octanol–water partition coefficient (Wildman–Crippen LogP) is -4.02. The second kappa shape index (κ2) is 16.5. The monoisotopic (exact) mass is 338 g/mol. The number of carbonyl (C=O) groups is 1. The Balaban J connectivity index is -0.00000162. The van der Waals surface area contributed by atoms with Crippen molar-refractivity contribution in [3.05, 3.63) is 0 Å². The number of carbonyl (C=O) groups excluding carboxylic acids is 1. The normalized spacial score (nSPS) is 12.0. The fourth-order valence-corrected chi connectivity index (χ4v) is 1.99. The van der Waals surface area contributed by atoms with E-state index in [0.29, 0.717) is 6.42 Å². The van der Waals surface area contributed by atoms with Gasteiger partial charge in [0.25, 0.3) is 0 Å². The van der Waals surface area contributed by atoms with Crippen molar-refractivity contribution < 1.29 is 83.0 Å². The van der Waals surface area contributed by atoms with Crippen molar-refractivity contribution >= 4 is 13.6 Å². The minimum Gasteiger partial charge on any atom is -0.810 e. The molecule has 0 spiro atoms. The molecule has 0 saturated heterocycles. The summed E-state index contributed by atoms with van der Waals surface area (Å²) >= 11 is 0. The molecule has 0 rings (SSSR count). The summed E-state index contributed by atoms with van der Waals surface area (Å²) in [5.74, 6) is -0.934. The molecule has 0 N–H and O–H groups in total. The van der Waals surface area contributed by atoms with E-state index < -0.39 is 19.2 Å². The first kappa shape index (κ1) is 27.5. The van der Waals surface area contributed by atoms with Crippen LogP contribution in [-0.2, 0) is 14.1 Å². The maximum absolute atomic E-state index is 11.2. The standard InChI is InChI=1S/C13H27O5P.2Na/c1-3-4-5-6-7-8-9-10-11-18-13(14)12(2)19(15,16)17;;/h12H,3-11H2,1-2H3,(H2,15,16,17);;/q;2*+1/p-2. The van der Waals surface area contributed by atoms with E-state index in [1.54, 1.807) is 0 Å². The maximum atomic E-state index is 11.2. The van der Waals surface area contributed by atoms with Gasteiger partial charge in [-0.05, 0) is 13.3 Å². The van der Waals surface area contributed by atoms with Crippen molar-refractivity contribution in [2.45, 2.75) is 70.9 Å². The van der Waals surface area contributed by atoms with Crippen LogP contribution in [0, 0.1) is 0 Å². The minimum atomic E-state index is -4.86. The van der Waals surface area contributed by atoms with Gasteiger partial charge in [0, 0.05) is 0 Å². The summed E-state index contributed by atoms with van der Waals surface area (Å²) in [5.41, 5.74) is -1.58. The Morgan fingerprint density at radius 3 is 1.86 bits per heavy atom. The fraction of sp³-hybridized carbons (Fsp3) is 0.923. The molecule has 0 aromatic carbocycles. The minimum absolute atomic E-state index is 0. The predicted molar refractivity (Wildman–Crippen MR) is 70.6 cm³/mol. The first-order valence-corrected chi connectivity index (χ1v) is 8.69. The molecule has 1 unspecified atom stereocenters. The van der Waals surface area contributed by atoms with Crippen LogP contribution >= 0.6 is 7.60 Å². The molecule has 0 aromatic rings. The van der Waals surface area contributed by atoms with E-state index in [2.05, 4.69) is 6.92 Å². The van der Waals surface area contributed by atoms with Crippen molar-refractivity contribution in [3.8, 4) is 0 Å². The molecule has 1 atom stereocenters. The van der Waals surface area contributed by atoms with Crippen molar-refractivity contribution in [1.82, 2.24) is 0 Å². The molecule has 0 fully saturated rings. The maximum Gasteiger partial charge on any atom is 1.00 e. The molecule has 0 heterocycles. The largest absolute Gasteiger partial charge is 1.00 e. The van der Waals surface area contributed by atoms with E-state index in [1.165, 1.54) is 32.1 Å². The van der Waals surface area contributed by atoms with Crippen LogP contribution in [0.2, 0.25) is 0 Å². The number of esters is 1. The van der Waals surface area contributed by atoms with Crippen LogP contribution in [0.3, 0.4) is 0 Å². The van der Waals surface area contributed by atoms with Crippen molar-refractivity contribution in [2.75, 3.05) is 6.61 Å². The van der Waals surface area contributed by atoms with Crippen molar-refractivity contribution in [3.63, 3.8) is 0 Å². The Labute approximate surface area is 172 Å². The van der Waals surface area contributed by atoms with Gasteiger partial charge in [0.1, 0.15) is 0 Å². The number of hydrogen-bond donors (Lipinski definition) is 0. The molecule has 0 bridgehead atoms. The van der Waals surface area contributed by atoms with Gasteiger partial charge in [-0.25, -0.2) is 0 Å². The molecule has 0 aromatic heterocycles. The van der Waals surface area contributed by atoms with E-state index in [0.717, 1.165) is 19.8 Å². The van der Waals surface area contributed by atoms with E-state index in [9.17, 15) is 19.1 Å². The van der Waals surface area contributed by atoms with Crippen LogP contribution in [0.1, 0.15) is 65.2 Å². The third-order valence-electron chi connectivity index (χ3n) is 3.06. The molecule has 21 heavy (non-hydrogen) atoms. The Hall–Kier alpha value is 1.62. The van der Waals surface area contributed by atoms with Crippen molar-refractivity contribution in [1.29, 1.82) is 0 Å². The summed E-state index contributed by atoms with van der Waals surface area (Å²) in [6, 6.07) is 0. The molecule has 0 saturated carbocycles. The van der Waals surface area contributed by atoms with E-state index in [-0.39, 0.29) is 65.7 Å². The number of ether oxygens (including phenoxy) is 1. The third kappa shape index (κ3) is 16.3. The zero-order valence-corrected chi connectivity index (χ0v) is 18.8. The van der Waals surface area contributed by atoms with Gasteiger partial charge in [-0.3, -0.25) is 4.79 Å². The molecular formula is C13H25Na2O5P. The first-order chi connectivity index (χ1) is 8.89. The summed E-state index contributed by atoms with van der Waals surface area (Å²) in [7, 11) is -4.86. The Bertz CT molecular complexity index is 296. The zero-order chi connectivity index (χ0) is 14.7. The van der Waals surface area contributed by atoms with E-state index in [4.69, 9.17) is 4.74 Å². The number of hydrogen-bond acceptors (Lipinski definition) is 5. The molecule has 0 aliphatic carbocycles. The van der Waals surface area contributed by atoms with Crippen LogP contribution in [0.15, 0.2) is 0 Å². The molecule has 0 amide bonds. The van der Waals surface area contributed by atoms with Gasteiger partial charge in [-0.15, -0.1) is 0 Å². The SMILES string of the molecule is CCCCCCCCCCOC(=O)C(C)P(=O)([O-])[O-].[Na+].[Na+]. The second-order valence-corrected chi connectivity index (χ2v) is 6.71. The summed E-state index contributed by atoms with van der Waals surface area (Å²) in [6.45, 7) is 3.44. The van der Waals surface area contributed by atoms with Gasteiger partial charge < -0.3 is 19.1 Å². The average molecular weight is 338 g/mol. The second-order valence-electron chi connectivity index (χ2n) is 4.86. The summed E-state index contributed by atoms with van der Waals surface area (Å²) in [4.78, 5) is 32.4. The summed E-state index contributed by atoms with van der Waals surface area (Å²) < 4.78 is 15.4. The Morgan fingerprint density at radius 2 is 1.43 bits per heavy atom. The Kier molecular flexibility index (Phi) is 21.6. The van der Waals surface area contributed by atoms with Gasteiger partial charge in [0.15, 0.2) is 0 Å². The fourth-order valence-electron chi connectivity index (χ4n) is 1.66. The van der Waals surface area contributed by atoms with Crippen molar-refractivity contribution in [2.24, 2.45) is 0 Å². The van der Waals surface area contributed by atoms with Crippen LogP contribution in [-0.4, -0.2) is 18.2 Å². The number of rotatable bonds is 11. The van der Waals surface area contributed by atoms with Gasteiger partial charge >= 0.3 is 65.1 Å². The molecule has 0 aliphatic heterocycles. The van der Waals surface area contributed by atoms with Crippen LogP contribution in [0.4, 0.5) is 0 Å². The molecule has 5 nitrogen and oxygen atoms in total. The van der Waals surface area contributed by atoms with Gasteiger partial charge in [0.05, 0.1) is 12.3 Å². The summed E-state index contributed by atoms with van der Waals surface area (Å²) in [5, 5.41) is 0. The third-order valence-corrected chi connectivity index (χ3v) is 4.22. The molecule has 114 valence electrons. The quantitative estimate of drug-likeness (QED) is 0.166. The zero-order valence-electron chi connectivity index (χ0n) is 13.9. The topological polar surface area (TPSA) is 89.5 Å². The first-order valence-electron chi connectivity index (χ1n) is 7.08. The molecule has 0 radical (unpaired) electrons. The Morgan fingerprint density at radius 1 is 1.00 bits per heavy atom. The van der Waals surface area contributed by atoms with Gasteiger partial charge in [-0.1, -0.05) is 59.5 Å². The average Bonchev–Trinajstić information content (AvgIpc) is 2.34. The van der Waals surface area contributed by atoms with Crippen LogP contribution in [0.5, 0.6) is 0 Å². The molecular weight excluding hydrogens is 313 g/mol. The van der Waals surface area contributed by atoms with Gasteiger partial charge in [-0.2, -0.15) is 0 Å². The van der Waals surface area contributed by atoms with Crippen LogP contribution in [0.25, 0.3) is 0 Å². The van der Waals surface area contributed by atoms with Crippen LogP contribution < -0.4 is 68.9 Å². The molecule has 8 heteroatoms. The van der Waals surface area contributed by atoms with E-state index in [1.807, 2.05) is 0 Å². The summed E-state index contributed by atoms with van der Waals surface area (Å²) in [6.07, 6.45) is 8.97. The van der Waals surface area contributed by atoms with E-state index >= 15 is 0 Å². The van der Waals surface area contributed by atoms with Gasteiger partial charge in [0.2, 0.25) is 0 Å². The smallest absolute Gasteiger partial charge is 0.810 e.